The normalized spacial score (nSPS) is 10.7. The number of fused-ring (bicyclic) bond motifs is 2. The molecule has 6 aromatic carbocycles. The first kappa shape index (κ1) is 61.0. The van der Waals surface area contributed by atoms with Crippen LogP contribution < -0.4 is 40.2 Å². The minimum Gasteiger partial charge on any atom is -0.460 e. The Morgan fingerprint density at radius 3 is 1.06 bits per heavy atom. The lowest BCUT2D eigenvalue weighted by atomic mass is 9.67. The SMILES string of the molecule is C=C(C)C(=O)OCCNC(=O)Oc1ccc2ccc(OC(=O)NCCOC(=O)C(=C)C)c(C(C)(c3ccc(-c4ccccc4)cc3)c3c(OC(=O)NCCOC(=O)C(=C)C)ccc4ccc(OC(=O)NCCOC(=O)C(=C)C)cc34)c2c1. The van der Waals surface area contributed by atoms with Crippen LogP contribution >= 0.6 is 0 Å². The molecule has 0 saturated heterocycles. The molecule has 0 aliphatic carbocycles. The van der Waals surface area contributed by atoms with Crippen LogP contribution in [-0.2, 0) is 43.5 Å². The number of ether oxygens (including phenoxy) is 8. The summed E-state index contributed by atoms with van der Waals surface area (Å²) in [6.45, 7) is 20.7. The minimum absolute atomic E-state index is 0.0186. The van der Waals surface area contributed by atoms with Crippen molar-refractivity contribution < 1.29 is 76.3 Å². The van der Waals surface area contributed by atoms with Crippen LogP contribution in [0.1, 0.15) is 51.3 Å². The molecule has 0 saturated carbocycles. The standard InChI is InChI=1S/C62H62N4O16/c1-37(2)54(67)75-31-27-63-58(71)79-46-23-17-43-19-25-50(81-60(73)65-29-33-77-56(69)39(5)6)52(48(43)35-46)62(9,45-21-15-42(16-22-45)41-13-11-10-12-14-41)53-49-36-47(80-59(72)64-28-32-76-55(68)38(3)4)24-18-44(49)20-26-51(53)82-61(74)66-30-34-78-57(70)40(7)8/h10-26,35-36H,1,3,5,7,27-34H2,2,4,6,8-9H3,(H,63,71)(H,64,72)(H,65,73)(H,66,74). The van der Waals surface area contributed by atoms with Gasteiger partial charge in [-0.25, -0.2) is 38.4 Å². The van der Waals surface area contributed by atoms with Crippen molar-refractivity contribution in [2.75, 3.05) is 52.6 Å². The molecule has 6 rings (SSSR count). The summed E-state index contributed by atoms with van der Waals surface area (Å²) in [5.41, 5.74) is 1.73. The van der Waals surface area contributed by atoms with Gasteiger partial charge >= 0.3 is 48.3 Å². The Labute approximate surface area is 473 Å². The van der Waals surface area contributed by atoms with E-state index in [1.54, 1.807) is 67.6 Å². The highest BCUT2D eigenvalue weighted by atomic mass is 16.6. The van der Waals surface area contributed by atoms with Gasteiger partial charge in [-0.1, -0.05) is 105 Å². The fourth-order valence-corrected chi connectivity index (χ4v) is 8.16. The predicted molar refractivity (Wildman–Crippen MR) is 305 cm³/mol. The van der Waals surface area contributed by atoms with Crippen LogP contribution in [0.3, 0.4) is 0 Å². The Morgan fingerprint density at radius 2 is 0.720 bits per heavy atom. The van der Waals surface area contributed by atoms with E-state index in [1.165, 1.54) is 27.7 Å². The van der Waals surface area contributed by atoms with E-state index in [1.807, 2.05) is 54.6 Å². The van der Waals surface area contributed by atoms with E-state index in [0.29, 0.717) is 27.1 Å². The number of benzene rings is 6. The number of esters is 4. The van der Waals surface area contributed by atoms with E-state index in [9.17, 15) is 38.4 Å². The second-order valence-electron chi connectivity index (χ2n) is 18.6. The average molecular weight is 1120 g/mol. The minimum atomic E-state index is -1.66. The van der Waals surface area contributed by atoms with Crippen LogP contribution in [0.4, 0.5) is 19.2 Å². The number of carbonyl (C=O) groups is 8. The average Bonchev–Trinajstić information content (AvgIpc) is 1.15. The lowest BCUT2D eigenvalue weighted by Crippen LogP contribution is -2.34. The van der Waals surface area contributed by atoms with Gasteiger partial charge in [-0.05, 0) is 109 Å². The molecule has 0 aliphatic heterocycles. The van der Waals surface area contributed by atoms with Gasteiger partial charge in [-0.2, -0.15) is 0 Å². The van der Waals surface area contributed by atoms with Crippen molar-refractivity contribution in [2.24, 2.45) is 0 Å². The van der Waals surface area contributed by atoms with Crippen LogP contribution in [0.5, 0.6) is 23.0 Å². The largest absolute Gasteiger partial charge is 0.460 e. The summed E-state index contributed by atoms with van der Waals surface area (Å²) < 4.78 is 44.7. The Bertz CT molecular complexity index is 3270. The maximum atomic E-state index is 14.0. The van der Waals surface area contributed by atoms with Crippen LogP contribution in [0.2, 0.25) is 0 Å². The summed E-state index contributed by atoms with van der Waals surface area (Å²) in [6.07, 6.45) is -3.74. The first-order valence-electron chi connectivity index (χ1n) is 25.6. The lowest BCUT2D eigenvalue weighted by molar-refractivity contribution is -0.139. The van der Waals surface area contributed by atoms with Crippen molar-refractivity contribution in [3.8, 4) is 34.1 Å². The molecular weight excluding hydrogens is 1060 g/mol. The molecule has 0 aromatic heterocycles. The third kappa shape index (κ3) is 16.4. The molecule has 0 heterocycles. The molecule has 4 N–H and O–H groups in total. The van der Waals surface area contributed by atoms with Gasteiger partial charge in [0, 0.05) is 33.4 Å². The molecule has 0 spiro atoms. The Kier molecular flexibility index (Phi) is 21.3. The molecule has 0 fully saturated rings. The molecule has 0 unspecified atom stereocenters. The van der Waals surface area contributed by atoms with Crippen molar-refractivity contribution in [1.82, 2.24) is 21.3 Å². The smallest absolute Gasteiger partial charge is 0.412 e. The summed E-state index contributed by atoms with van der Waals surface area (Å²) in [4.78, 5) is 103. The second-order valence-corrected chi connectivity index (χ2v) is 18.6. The number of amides is 4. The maximum Gasteiger partial charge on any atom is 0.412 e. The molecule has 0 bridgehead atoms. The van der Waals surface area contributed by atoms with Gasteiger partial charge in [0.15, 0.2) is 0 Å². The molecule has 0 atom stereocenters. The molecular formula is C62H62N4O16. The Hall–Kier alpha value is -10.2. The molecule has 82 heavy (non-hydrogen) atoms. The quantitative estimate of drug-likeness (QED) is 0.0144. The van der Waals surface area contributed by atoms with Crippen molar-refractivity contribution in [2.45, 2.75) is 40.0 Å². The van der Waals surface area contributed by atoms with E-state index < -0.39 is 53.7 Å². The van der Waals surface area contributed by atoms with E-state index >= 15 is 0 Å². The Balaban J connectivity index is 1.59. The van der Waals surface area contributed by atoms with Gasteiger partial charge in [0.25, 0.3) is 0 Å². The van der Waals surface area contributed by atoms with Gasteiger partial charge in [-0.15, -0.1) is 0 Å². The van der Waals surface area contributed by atoms with Gasteiger partial charge in [0.2, 0.25) is 0 Å². The van der Waals surface area contributed by atoms with E-state index in [2.05, 4.69) is 47.6 Å². The molecule has 20 heteroatoms. The maximum absolute atomic E-state index is 14.0. The molecule has 6 aromatic rings. The van der Waals surface area contributed by atoms with Crippen molar-refractivity contribution in [1.29, 1.82) is 0 Å². The fraction of sp³-hybridized carbons (Fsp3) is 0.226. The fourth-order valence-electron chi connectivity index (χ4n) is 8.16. The second kappa shape index (κ2) is 28.6. The third-order valence-electron chi connectivity index (χ3n) is 12.1. The van der Waals surface area contributed by atoms with Gasteiger partial charge in [0.05, 0.1) is 31.6 Å². The predicted octanol–water partition coefficient (Wildman–Crippen LogP) is 9.85. The molecule has 0 aliphatic rings. The number of carbonyl (C=O) groups excluding carboxylic acids is 8. The highest BCUT2D eigenvalue weighted by molar-refractivity contribution is 5.98. The van der Waals surface area contributed by atoms with Crippen molar-refractivity contribution >= 4 is 69.8 Å². The van der Waals surface area contributed by atoms with Crippen molar-refractivity contribution in [3.63, 3.8) is 0 Å². The highest BCUT2D eigenvalue weighted by Crippen LogP contribution is 2.52. The van der Waals surface area contributed by atoms with Crippen LogP contribution in [-0.4, -0.2) is 101 Å². The number of nitrogens with one attached hydrogen (secondary N) is 4. The molecule has 4 amide bonds. The van der Waals surface area contributed by atoms with Crippen LogP contribution in [0.25, 0.3) is 32.7 Å². The first-order chi connectivity index (χ1) is 39.2. The monoisotopic (exact) mass is 1120 g/mol. The molecule has 426 valence electrons. The van der Waals surface area contributed by atoms with Gasteiger partial charge in [0.1, 0.15) is 49.4 Å². The van der Waals surface area contributed by atoms with E-state index in [0.717, 1.165) is 11.1 Å². The number of hydrogen-bond acceptors (Lipinski definition) is 16. The zero-order valence-corrected chi connectivity index (χ0v) is 46.0. The van der Waals surface area contributed by atoms with Crippen molar-refractivity contribution in [3.05, 3.63) is 181 Å². The van der Waals surface area contributed by atoms with Crippen LogP contribution in [0, 0.1) is 0 Å². The topological polar surface area (TPSA) is 259 Å². The Morgan fingerprint density at radius 1 is 0.402 bits per heavy atom. The summed E-state index contributed by atoms with van der Waals surface area (Å²) in [5.74, 6) is -2.67. The van der Waals surface area contributed by atoms with E-state index in [4.69, 9.17) is 37.9 Å². The lowest BCUT2D eigenvalue weighted by Gasteiger charge is -2.36. The zero-order valence-electron chi connectivity index (χ0n) is 46.0. The third-order valence-corrected chi connectivity index (χ3v) is 12.1. The first-order valence-corrected chi connectivity index (χ1v) is 25.6. The molecule has 0 radical (unpaired) electrons. The summed E-state index contributed by atoms with van der Waals surface area (Å²) in [7, 11) is 0. The zero-order chi connectivity index (χ0) is 59.5. The summed E-state index contributed by atoms with van der Waals surface area (Å²) in [5, 5.41) is 12.1. The number of rotatable bonds is 24. The molecule has 20 nitrogen and oxygen atoms in total. The number of hydrogen-bond donors (Lipinski definition) is 4. The van der Waals surface area contributed by atoms with Crippen LogP contribution in [0.15, 0.2) is 164 Å². The van der Waals surface area contributed by atoms with E-state index in [-0.39, 0.29) is 109 Å². The summed E-state index contributed by atoms with van der Waals surface area (Å²) >= 11 is 0. The van der Waals surface area contributed by atoms with Gasteiger partial charge in [-0.3, -0.25) is 0 Å². The van der Waals surface area contributed by atoms with Gasteiger partial charge < -0.3 is 59.2 Å². The highest BCUT2D eigenvalue weighted by Gasteiger charge is 2.41. The summed E-state index contributed by atoms with van der Waals surface area (Å²) in [6, 6.07) is 33.1.